The molecule has 15 heavy (non-hydrogen) atoms. The van der Waals surface area contributed by atoms with Crippen LogP contribution in [-0.4, -0.2) is 29.3 Å². The summed E-state index contributed by atoms with van der Waals surface area (Å²) in [6.07, 6.45) is 4.15. The summed E-state index contributed by atoms with van der Waals surface area (Å²) in [7, 11) is 1.32. The molecule has 0 spiro atoms. The number of carbonyl (C=O) groups is 1. The van der Waals surface area contributed by atoms with Crippen molar-refractivity contribution in [2.45, 2.75) is 13.0 Å². The lowest BCUT2D eigenvalue weighted by Crippen LogP contribution is -2.05. The highest BCUT2D eigenvalue weighted by Gasteiger charge is 2.09. The summed E-state index contributed by atoms with van der Waals surface area (Å²) in [5, 5.41) is 9.07. The molecule has 0 amide bonds. The monoisotopic (exact) mass is 207 g/mol. The van der Waals surface area contributed by atoms with E-state index in [2.05, 4.69) is 9.72 Å². The maximum atomic E-state index is 11.3. The molecule has 4 heteroatoms. The van der Waals surface area contributed by atoms with E-state index in [1.165, 1.54) is 7.11 Å². The van der Waals surface area contributed by atoms with Crippen molar-refractivity contribution in [3.8, 4) is 0 Å². The van der Waals surface area contributed by atoms with E-state index in [1.807, 2.05) is 0 Å². The lowest BCUT2D eigenvalue weighted by molar-refractivity contribution is 0.0600. The molecule has 0 aromatic carbocycles. The predicted octanol–water partition coefficient (Wildman–Crippen LogP) is 1.26. The Labute approximate surface area is 88.2 Å². The fourth-order valence-electron chi connectivity index (χ4n) is 1.06. The smallest absolute Gasteiger partial charge is 0.340 e. The summed E-state index contributed by atoms with van der Waals surface area (Å²) in [6.45, 7) is 1.62. The average molecular weight is 207 g/mol. The van der Waals surface area contributed by atoms with Gasteiger partial charge in [-0.05, 0) is 25.1 Å². The number of rotatable bonds is 3. The minimum atomic E-state index is -0.572. The number of ether oxygens (including phenoxy) is 1. The first-order chi connectivity index (χ1) is 7.15. The van der Waals surface area contributed by atoms with E-state index in [0.717, 1.165) is 0 Å². The Hall–Kier alpha value is -1.68. The Kier molecular flexibility index (Phi) is 4.00. The van der Waals surface area contributed by atoms with E-state index >= 15 is 0 Å². The molecular formula is C11H13NO3. The third-order valence-corrected chi connectivity index (χ3v) is 1.78. The summed E-state index contributed by atoms with van der Waals surface area (Å²) in [5.41, 5.74) is 0.877. The van der Waals surface area contributed by atoms with Gasteiger partial charge < -0.3 is 9.84 Å². The maximum Gasteiger partial charge on any atom is 0.340 e. The lowest BCUT2D eigenvalue weighted by atomic mass is 10.1. The van der Waals surface area contributed by atoms with Gasteiger partial charge in [0.15, 0.2) is 0 Å². The van der Waals surface area contributed by atoms with Gasteiger partial charge >= 0.3 is 5.97 Å². The van der Waals surface area contributed by atoms with Crippen LogP contribution in [0.4, 0.5) is 0 Å². The third kappa shape index (κ3) is 3.18. The van der Waals surface area contributed by atoms with Crippen molar-refractivity contribution >= 4 is 12.0 Å². The van der Waals surface area contributed by atoms with E-state index in [-0.39, 0.29) is 0 Å². The molecule has 0 saturated carbocycles. The summed E-state index contributed by atoms with van der Waals surface area (Å²) in [6, 6.07) is 3.28. The standard InChI is InChI=1S/C11H13NO3/c1-8(13)5-6-10-9(11(14)15-2)4-3-7-12-10/h3-8,13H,1-2H3. The summed E-state index contributed by atoms with van der Waals surface area (Å²) in [5.74, 6) is -0.437. The van der Waals surface area contributed by atoms with E-state index < -0.39 is 12.1 Å². The number of methoxy groups -OCH3 is 1. The van der Waals surface area contributed by atoms with Gasteiger partial charge in [0.1, 0.15) is 0 Å². The lowest BCUT2D eigenvalue weighted by Gasteiger charge is -2.02. The second kappa shape index (κ2) is 5.26. The van der Waals surface area contributed by atoms with E-state index in [9.17, 15) is 4.79 Å². The van der Waals surface area contributed by atoms with Gasteiger partial charge in [-0.2, -0.15) is 0 Å². The molecule has 0 radical (unpaired) electrons. The fourth-order valence-corrected chi connectivity index (χ4v) is 1.06. The zero-order valence-electron chi connectivity index (χ0n) is 8.68. The zero-order chi connectivity index (χ0) is 11.3. The van der Waals surface area contributed by atoms with Crippen LogP contribution >= 0.6 is 0 Å². The van der Waals surface area contributed by atoms with Crippen molar-refractivity contribution in [2.24, 2.45) is 0 Å². The molecule has 0 saturated heterocycles. The van der Waals surface area contributed by atoms with E-state index in [0.29, 0.717) is 11.3 Å². The molecule has 0 fully saturated rings. The molecule has 1 aromatic heterocycles. The number of aliphatic hydroxyl groups is 1. The van der Waals surface area contributed by atoms with Gasteiger partial charge in [-0.25, -0.2) is 4.79 Å². The van der Waals surface area contributed by atoms with Crippen LogP contribution in [0.5, 0.6) is 0 Å². The molecule has 80 valence electrons. The van der Waals surface area contributed by atoms with Crippen LogP contribution in [0.2, 0.25) is 0 Å². The van der Waals surface area contributed by atoms with Crippen LogP contribution in [0.1, 0.15) is 23.0 Å². The molecule has 0 aliphatic heterocycles. The van der Waals surface area contributed by atoms with Crippen LogP contribution in [0.25, 0.3) is 6.08 Å². The van der Waals surface area contributed by atoms with Crippen LogP contribution in [0.15, 0.2) is 24.4 Å². The summed E-state index contributed by atoms with van der Waals surface area (Å²) in [4.78, 5) is 15.3. The van der Waals surface area contributed by atoms with Gasteiger partial charge in [0, 0.05) is 6.20 Å². The van der Waals surface area contributed by atoms with Gasteiger partial charge in [0.25, 0.3) is 0 Å². The average Bonchev–Trinajstić information content (AvgIpc) is 2.25. The Morgan fingerprint density at radius 1 is 1.67 bits per heavy atom. The largest absolute Gasteiger partial charge is 0.465 e. The molecular weight excluding hydrogens is 194 g/mol. The van der Waals surface area contributed by atoms with Crippen LogP contribution in [0, 0.1) is 0 Å². The molecule has 0 aliphatic rings. The molecule has 1 aromatic rings. The minimum Gasteiger partial charge on any atom is -0.465 e. The van der Waals surface area contributed by atoms with Gasteiger partial charge in [0.05, 0.1) is 24.5 Å². The van der Waals surface area contributed by atoms with Crippen molar-refractivity contribution in [1.82, 2.24) is 4.98 Å². The number of pyridine rings is 1. The SMILES string of the molecule is COC(=O)c1cccnc1C=CC(C)O. The zero-order valence-corrected chi connectivity index (χ0v) is 8.68. The minimum absolute atomic E-state index is 0.386. The first kappa shape index (κ1) is 11.4. The molecule has 0 bridgehead atoms. The Morgan fingerprint density at radius 3 is 3.00 bits per heavy atom. The number of carbonyl (C=O) groups excluding carboxylic acids is 1. The quantitative estimate of drug-likeness (QED) is 0.758. The van der Waals surface area contributed by atoms with Crippen molar-refractivity contribution in [3.05, 3.63) is 35.7 Å². The molecule has 1 atom stereocenters. The molecule has 4 nitrogen and oxygen atoms in total. The first-order valence-electron chi connectivity index (χ1n) is 4.54. The Balaban J connectivity index is 3.01. The molecule has 1 heterocycles. The second-order valence-electron chi connectivity index (χ2n) is 3.03. The van der Waals surface area contributed by atoms with Crippen LogP contribution in [-0.2, 0) is 4.74 Å². The van der Waals surface area contributed by atoms with Crippen molar-refractivity contribution in [1.29, 1.82) is 0 Å². The molecule has 0 aliphatic carbocycles. The highest BCUT2D eigenvalue weighted by atomic mass is 16.5. The number of aromatic nitrogens is 1. The van der Waals surface area contributed by atoms with Crippen LogP contribution < -0.4 is 0 Å². The van der Waals surface area contributed by atoms with Gasteiger partial charge in [-0.1, -0.05) is 6.08 Å². The first-order valence-corrected chi connectivity index (χ1v) is 4.54. The van der Waals surface area contributed by atoms with Crippen molar-refractivity contribution in [2.75, 3.05) is 7.11 Å². The molecule has 1 rings (SSSR count). The van der Waals surface area contributed by atoms with Crippen molar-refractivity contribution < 1.29 is 14.6 Å². The van der Waals surface area contributed by atoms with Crippen LogP contribution in [0.3, 0.4) is 0 Å². The number of nitrogens with zero attached hydrogens (tertiary/aromatic N) is 1. The Morgan fingerprint density at radius 2 is 2.40 bits per heavy atom. The van der Waals surface area contributed by atoms with E-state index in [4.69, 9.17) is 5.11 Å². The maximum absolute atomic E-state index is 11.3. The van der Waals surface area contributed by atoms with Gasteiger partial charge in [-0.15, -0.1) is 0 Å². The number of aliphatic hydroxyl groups excluding tert-OH is 1. The number of hydrogen-bond acceptors (Lipinski definition) is 4. The third-order valence-electron chi connectivity index (χ3n) is 1.78. The highest BCUT2D eigenvalue weighted by molar-refractivity contribution is 5.92. The van der Waals surface area contributed by atoms with Gasteiger partial charge in [0.2, 0.25) is 0 Å². The molecule has 1 N–H and O–H groups in total. The second-order valence-corrected chi connectivity index (χ2v) is 3.03. The fraction of sp³-hybridized carbons (Fsp3) is 0.273. The topological polar surface area (TPSA) is 59.4 Å². The van der Waals surface area contributed by atoms with Gasteiger partial charge in [-0.3, -0.25) is 4.98 Å². The summed E-state index contributed by atoms with van der Waals surface area (Å²) >= 11 is 0. The van der Waals surface area contributed by atoms with E-state index in [1.54, 1.807) is 37.4 Å². The number of esters is 1. The molecule has 1 unspecified atom stereocenters. The predicted molar refractivity (Wildman–Crippen MR) is 56.3 cm³/mol. The normalized spacial score (nSPS) is 12.7. The number of hydrogen-bond donors (Lipinski definition) is 1. The highest BCUT2D eigenvalue weighted by Crippen LogP contribution is 2.09. The summed E-state index contributed by atoms with van der Waals surface area (Å²) < 4.78 is 4.61. The Bertz CT molecular complexity index is 372. The van der Waals surface area contributed by atoms with Crippen molar-refractivity contribution in [3.63, 3.8) is 0 Å².